The number of ether oxygens (including phenoxy) is 1. The number of hydrogen-bond acceptors (Lipinski definition) is 8. The Morgan fingerprint density at radius 2 is 1.83 bits per heavy atom. The number of carbonyl (C=O) groups excluding carboxylic acids is 1. The Bertz CT molecular complexity index is 958. The van der Waals surface area contributed by atoms with Gasteiger partial charge in [-0.2, -0.15) is 14.3 Å². The Morgan fingerprint density at radius 1 is 1.13 bits per heavy atom. The van der Waals surface area contributed by atoms with Gasteiger partial charge in [-0.05, 0) is 36.2 Å². The number of anilines is 2. The second-order valence-corrected chi connectivity index (χ2v) is 7.55. The largest absolute Gasteiger partial charge is 0.528 e. The predicted molar refractivity (Wildman–Crippen MR) is 114 cm³/mol. The molecule has 0 fully saturated rings. The zero-order valence-electron chi connectivity index (χ0n) is 17.5. The molecule has 3 aromatic rings. The molecule has 1 aromatic carbocycles. The molecule has 9 nitrogen and oxygen atoms in total. The van der Waals surface area contributed by atoms with Crippen molar-refractivity contribution >= 4 is 23.9 Å². The number of hydrogen-bond donors (Lipinski definition) is 2. The van der Waals surface area contributed by atoms with E-state index in [1.165, 1.54) is 0 Å². The van der Waals surface area contributed by atoms with E-state index in [4.69, 9.17) is 9.15 Å². The predicted octanol–water partition coefficient (Wildman–Crippen LogP) is 3.71. The van der Waals surface area contributed by atoms with E-state index in [2.05, 4.69) is 45.5 Å². The highest BCUT2D eigenvalue weighted by Crippen LogP contribution is 2.21. The van der Waals surface area contributed by atoms with Crippen molar-refractivity contribution in [3.05, 3.63) is 54.5 Å². The average molecular weight is 410 g/mol. The van der Waals surface area contributed by atoms with Gasteiger partial charge in [0.2, 0.25) is 11.9 Å². The number of amides is 1. The third kappa shape index (κ3) is 5.54. The SMILES string of the molecule is CC(C)CNc1nc(NCc2ccco2)nc([N+](C)(C)C(=O)Oc2cc[c]cc2)n1. The molecule has 0 saturated heterocycles. The molecular formula is C21H26N6O3+. The topological polar surface area (TPSA) is 102 Å². The van der Waals surface area contributed by atoms with Gasteiger partial charge in [0.05, 0.1) is 26.9 Å². The summed E-state index contributed by atoms with van der Waals surface area (Å²) in [6, 6.07) is 13.2. The van der Waals surface area contributed by atoms with Gasteiger partial charge in [0.25, 0.3) is 0 Å². The fourth-order valence-corrected chi connectivity index (χ4v) is 2.38. The van der Waals surface area contributed by atoms with Crippen molar-refractivity contribution in [2.75, 3.05) is 31.3 Å². The molecule has 9 heteroatoms. The Hall–Kier alpha value is -3.46. The first-order chi connectivity index (χ1) is 14.3. The number of quaternary nitrogens is 1. The third-order valence-corrected chi connectivity index (χ3v) is 4.14. The number of nitrogens with one attached hydrogen (secondary N) is 2. The summed E-state index contributed by atoms with van der Waals surface area (Å²) in [5.41, 5.74) is 0. The highest BCUT2D eigenvalue weighted by atomic mass is 16.6. The first-order valence-electron chi connectivity index (χ1n) is 9.64. The van der Waals surface area contributed by atoms with E-state index >= 15 is 0 Å². The number of carbonyl (C=O) groups is 1. The number of rotatable bonds is 8. The van der Waals surface area contributed by atoms with Crippen molar-refractivity contribution in [3.63, 3.8) is 0 Å². The molecule has 0 aliphatic heterocycles. The molecule has 2 N–H and O–H groups in total. The summed E-state index contributed by atoms with van der Waals surface area (Å²) in [7, 11) is 3.32. The molecule has 2 aromatic heterocycles. The summed E-state index contributed by atoms with van der Waals surface area (Å²) < 4.78 is 10.5. The van der Waals surface area contributed by atoms with E-state index < -0.39 is 6.09 Å². The summed E-state index contributed by atoms with van der Waals surface area (Å²) >= 11 is 0. The van der Waals surface area contributed by atoms with Gasteiger partial charge in [-0.1, -0.05) is 26.0 Å². The molecule has 3 rings (SSSR count). The van der Waals surface area contributed by atoms with E-state index in [1.807, 2.05) is 12.1 Å². The summed E-state index contributed by atoms with van der Waals surface area (Å²) in [6.45, 7) is 5.25. The fraction of sp³-hybridized carbons (Fsp3) is 0.333. The average Bonchev–Trinajstić information content (AvgIpc) is 3.25. The number of aromatic nitrogens is 3. The maximum absolute atomic E-state index is 12.9. The first-order valence-corrected chi connectivity index (χ1v) is 9.64. The van der Waals surface area contributed by atoms with Crippen LogP contribution in [0.5, 0.6) is 5.75 Å². The standard InChI is InChI=1S/C21H26N6O3/c1-15(2)13-22-18-24-19(23-14-17-11-8-12-29-17)26-20(25-18)27(3,4)21(28)30-16-9-6-5-7-10-16/h6-12,15H,13-14H2,1-4H3,(H2,22,23,24,25,26)/q+1. The van der Waals surface area contributed by atoms with Crippen LogP contribution in [0, 0.1) is 12.0 Å². The van der Waals surface area contributed by atoms with Gasteiger partial charge < -0.3 is 19.8 Å². The minimum atomic E-state index is -0.529. The van der Waals surface area contributed by atoms with Crippen LogP contribution >= 0.6 is 0 Å². The first kappa shape index (κ1) is 21.3. The zero-order valence-corrected chi connectivity index (χ0v) is 17.5. The normalized spacial score (nSPS) is 11.4. The molecule has 0 unspecified atom stereocenters. The highest BCUT2D eigenvalue weighted by molar-refractivity contribution is 5.81. The Labute approximate surface area is 175 Å². The van der Waals surface area contributed by atoms with Gasteiger partial charge in [-0.15, -0.1) is 9.97 Å². The smallest absolute Gasteiger partial charge is 0.467 e. The molecule has 2 heterocycles. The van der Waals surface area contributed by atoms with Crippen LogP contribution in [-0.2, 0) is 6.54 Å². The molecule has 1 amide bonds. The van der Waals surface area contributed by atoms with Crippen LogP contribution in [0.15, 0.2) is 47.1 Å². The molecular weight excluding hydrogens is 384 g/mol. The summed E-state index contributed by atoms with van der Waals surface area (Å²) in [4.78, 5) is 26.2. The Kier molecular flexibility index (Phi) is 6.63. The minimum absolute atomic E-state index is 0.241. The molecule has 157 valence electrons. The van der Waals surface area contributed by atoms with Gasteiger partial charge in [0, 0.05) is 6.54 Å². The minimum Gasteiger partial charge on any atom is -0.467 e. The number of nitrogens with zero attached hydrogens (tertiary/aromatic N) is 4. The lowest BCUT2D eigenvalue weighted by Crippen LogP contribution is -2.49. The monoisotopic (exact) mass is 410 g/mol. The summed E-state index contributed by atoms with van der Waals surface area (Å²) in [5.74, 6) is 2.51. The van der Waals surface area contributed by atoms with E-state index in [0.717, 1.165) is 5.76 Å². The molecule has 1 radical (unpaired) electrons. The Balaban J connectivity index is 1.84. The third-order valence-electron chi connectivity index (χ3n) is 4.14. The van der Waals surface area contributed by atoms with Gasteiger partial charge in [0.1, 0.15) is 11.5 Å². The zero-order chi connectivity index (χ0) is 21.6. The van der Waals surface area contributed by atoms with Crippen LogP contribution in [0.1, 0.15) is 19.6 Å². The van der Waals surface area contributed by atoms with Gasteiger partial charge in [-0.25, -0.2) is 0 Å². The van der Waals surface area contributed by atoms with Crippen LogP contribution in [0.3, 0.4) is 0 Å². The maximum atomic E-state index is 12.9. The van der Waals surface area contributed by atoms with Crippen molar-refractivity contribution in [1.82, 2.24) is 19.4 Å². The quantitative estimate of drug-likeness (QED) is 0.542. The van der Waals surface area contributed by atoms with Gasteiger partial charge >= 0.3 is 12.0 Å². The van der Waals surface area contributed by atoms with Gasteiger partial charge in [0.15, 0.2) is 0 Å². The molecule has 0 atom stereocenters. The van der Waals surface area contributed by atoms with Crippen LogP contribution < -0.4 is 19.9 Å². The molecule has 30 heavy (non-hydrogen) atoms. The van der Waals surface area contributed by atoms with Crippen molar-refractivity contribution < 1.29 is 13.9 Å². The lowest BCUT2D eigenvalue weighted by molar-refractivity contribution is 0.170. The van der Waals surface area contributed by atoms with E-state index in [1.54, 1.807) is 44.6 Å². The van der Waals surface area contributed by atoms with Gasteiger partial charge in [-0.3, -0.25) is 0 Å². The van der Waals surface area contributed by atoms with Crippen LogP contribution in [-0.4, -0.2) is 41.7 Å². The van der Waals surface area contributed by atoms with Crippen molar-refractivity contribution in [2.24, 2.45) is 5.92 Å². The van der Waals surface area contributed by atoms with Crippen molar-refractivity contribution in [3.8, 4) is 5.75 Å². The molecule has 0 spiro atoms. The number of benzene rings is 1. The van der Waals surface area contributed by atoms with E-state index in [9.17, 15) is 4.79 Å². The summed E-state index contributed by atoms with van der Waals surface area (Å²) in [5, 5.41) is 6.30. The lowest BCUT2D eigenvalue weighted by Gasteiger charge is -2.23. The number of furan rings is 1. The highest BCUT2D eigenvalue weighted by Gasteiger charge is 2.36. The molecule has 0 aliphatic carbocycles. The summed E-state index contributed by atoms with van der Waals surface area (Å²) in [6.07, 6.45) is 1.07. The molecule has 0 saturated carbocycles. The lowest BCUT2D eigenvalue weighted by atomic mass is 10.2. The molecule has 0 aliphatic rings. The van der Waals surface area contributed by atoms with E-state index in [-0.39, 0.29) is 10.4 Å². The van der Waals surface area contributed by atoms with Crippen molar-refractivity contribution in [1.29, 1.82) is 0 Å². The maximum Gasteiger partial charge on any atom is 0.528 e. The van der Waals surface area contributed by atoms with Crippen LogP contribution in [0.2, 0.25) is 0 Å². The fourth-order valence-electron chi connectivity index (χ4n) is 2.38. The van der Waals surface area contributed by atoms with Crippen LogP contribution in [0.25, 0.3) is 0 Å². The van der Waals surface area contributed by atoms with Crippen LogP contribution in [0.4, 0.5) is 22.6 Å². The second kappa shape index (κ2) is 9.36. The second-order valence-electron chi connectivity index (χ2n) is 7.55. The van der Waals surface area contributed by atoms with E-state index in [0.29, 0.717) is 36.7 Å². The van der Waals surface area contributed by atoms with Crippen molar-refractivity contribution in [2.45, 2.75) is 20.4 Å². The Morgan fingerprint density at radius 3 is 2.47 bits per heavy atom. The molecule has 0 bridgehead atoms.